The molecule has 2 amide bonds. The zero-order valence-electron chi connectivity index (χ0n) is 16.7. The number of rotatable bonds is 4. The predicted octanol–water partition coefficient (Wildman–Crippen LogP) is 1.10. The van der Waals surface area contributed by atoms with E-state index in [4.69, 9.17) is 5.73 Å². The molecular formula is C22H21N5O3. The van der Waals surface area contributed by atoms with Crippen LogP contribution in [-0.4, -0.2) is 52.5 Å². The number of nitrogens with one attached hydrogen (secondary N) is 1. The normalized spacial score (nSPS) is 17.8. The fourth-order valence-electron chi connectivity index (χ4n) is 3.19. The van der Waals surface area contributed by atoms with Gasteiger partial charge < -0.3 is 21.1 Å². The number of likely N-dealkylation sites (tertiary alicyclic amines) is 1. The molecule has 8 nitrogen and oxygen atoms in total. The van der Waals surface area contributed by atoms with Crippen molar-refractivity contribution in [2.24, 2.45) is 5.73 Å². The van der Waals surface area contributed by atoms with Gasteiger partial charge in [0.05, 0.1) is 16.9 Å². The number of carbonyl (C=O) groups excluding carboxylic acids is 2. The van der Waals surface area contributed by atoms with E-state index in [0.29, 0.717) is 41.2 Å². The SMILES string of the molecule is CCNc1ccc(-c2ccc(C#N)c(C#CC3(O)CCN(C)C3=O)c2)nc1C(N)=O. The average Bonchev–Trinajstić information content (AvgIpc) is 3.00. The molecule has 0 radical (unpaired) electrons. The summed E-state index contributed by atoms with van der Waals surface area (Å²) in [5.74, 6) is 4.28. The molecule has 0 saturated carbocycles. The third-order valence-electron chi connectivity index (χ3n) is 4.85. The molecule has 8 heteroatoms. The number of pyridine rings is 1. The fraction of sp³-hybridized carbons (Fsp3) is 0.273. The molecule has 1 aromatic carbocycles. The van der Waals surface area contributed by atoms with E-state index in [1.54, 1.807) is 37.4 Å². The minimum atomic E-state index is -1.76. The first kappa shape index (κ1) is 20.8. The molecule has 3 rings (SSSR count). The second kappa shape index (κ2) is 8.24. The number of aliphatic hydroxyl groups is 1. The van der Waals surface area contributed by atoms with Crippen LogP contribution in [0.5, 0.6) is 0 Å². The van der Waals surface area contributed by atoms with E-state index in [0.717, 1.165) is 0 Å². The topological polar surface area (TPSA) is 132 Å². The van der Waals surface area contributed by atoms with Crippen molar-refractivity contribution in [1.29, 1.82) is 5.26 Å². The summed E-state index contributed by atoms with van der Waals surface area (Å²) >= 11 is 0. The van der Waals surface area contributed by atoms with Gasteiger partial charge in [0.2, 0.25) is 5.60 Å². The first-order valence-corrected chi connectivity index (χ1v) is 9.39. The second-order valence-electron chi connectivity index (χ2n) is 6.95. The number of carbonyl (C=O) groups is 2. The van der Waals surface area contributed by atoms with Crippen LogP contribution in [0.2, 0.25) is 0 Å². The molecule has 152 valence electrons. The molecule has 4 N–H and O–H groups in total. The largest absolute Gasteiger partial charge is 0.383 e. The number of aromatic nitrogens is 1. The van der Waals surface area contributed by atoms with Gasteiger partial charge in [-0.15, -0.1) is 0 Å². The van der Waals surface area contributed by atoms with Gasteiger partial charge in [0.25, 0.3) is 11.8 Å². The summed E-state index contributed by atoms with van der Waals surface area (Å²) in [6.07, 6.45) is 0.201. The molecule has 1 fully saturated rings. The number of primary amides is 1. The molecule has 1 atom stereocenters. The Labute approximate surface area is 174 Å². The summed E-state index contributed by atoms with van der Waals surface area (Å²) in [5.41, 5.74) is 6.08. The van der Waals surface area contributed by atoms with Crippen molar-refractivity contribution in [3.63, 3.8) is 0 Å². The number of nitrogens with zero attached hydrogens (tertiary/aromatic N) is 3. The van der Waals surface area contributed by atoms with Gasteiger partial charge in [-0.1, -0.05) is 17.9 Å². The summed E-state index contributed by atoms with van der Waals surface area (Å²) in [4.78, 5) is 29.7. The van der Waals surface area contributed by atoms with Crippen LogP contribution in [0.4, 0.5) is 5.69 Å². The van der Waals surface area contributed by atoms with Crippen molar-refractivity contribution in [1.82, 2.24) is 9.88 Å². The number of anilines is 1. The molecule has 1 aliphatic heterocycles. The van der Waals surface area contributed by atoms with Crippen LogP contribution >= 0.6 is 0 Å². The smallest absolute Gasteiger partial charge is 0.269 e. The number of likely N-dealkylation sites (N-methyl/N-ethyl adjacent to an activating group) is 1. The fourth-order valence-corrected chi connectivity index (χ4v) is 3.19. The van der Waals surface area contributed by atoms with Gasteiger partial charge in [-0.25, -0.2) is 4.98 Å². The van der Waals surface area contributed by atoms with Crippen molar-refractivity contribution < 1.29 is 14.7 Å². The standard InChI is InChI=1S/C22H21N5O3/c1-3-25-18-7-6-17(26-19(18)20(24)28)15-4-5-16(13-23)14(12-15)8-9-22(30)10-11-27(2)21(22)29/h4-7,12,25,30H,3,10-11H2,1-2H3,(H2,24,28). The molecule has 1 aliphatic rings. The number of nitriles is 1. The van der Waals surface area contributed by atoms with Crippen molar-refractivity contribution in [3.8, 4) is 29.2 Å². The highest BCUT2D eigenvalue weighted by Gasteiger charge is 2.42. The van der Waals surface area contributed by atoms with E-state index in [9.17, 15) is 20.0 Å². The number of amides is 2. The van der Waals surface area contributed by atoms with Crippen LogP contribution in [0.1, 0.15) is 35.0 Å². The molecule has 0 bridgehead atoms. The highest BCUT2D eigenvalue weighted by Crippen LogP contribution is 2.25. The van der Waals surface area contributed by atoms with Gasteiger partial charge >= 0.3 is 0 Å². The average molecular weight is 403 g/mol. The number of nitrogens with two attached hydrogens (primary N) is 1. The monoisotopic (exact) mass is 403 g/mol. The molecule has 2 aromatic rings. The highest BCUT2D eigenvalue weighted by molar-refractivity contribution is 5.97. The Bertz CT molecular complexity index is 1130. The Hall–Kier alpha value is -3.88. The van der Waals surface area contributed by atoms with E-state index in [2.05, 4.69) is 28.2 Å². The summed E-state index contributed by atoms with van der Waals surface area (Å²) < 4.78 is 0. The summed E-state index contributed by atoms with van der Waals surface area (Å²) in [7, 11) is 1.60. The van der Waals surface area contributed by atoms with Gasteiger partial charge in [-0.2, -0.15) is 5.26 Å². The predicted molar refractivity (Wildman–Crippen MR) is 111 cm³/mol. The van der Waals surface area contributed by atoms with Crippen LogP contribution in [0, 0.1) is 23.2 Å². The lowest BCUT2D eigenvalue weighted by atomic mass is 9.99. The second-order valence-corrected chi connectivity index (χ2v) is 6.95. The third-order valence-corrected chi connectivity index (χ3v) is 4.85. The van der Waals surface area contributed by atoms with E-state index in [1.165, 1.54) is 4.90 Å². The maximum atomic E-state index is 12.1. The first-order chi connectivity index (χ1) is 14.3. The summed E-state index contributed by atoms with van der Waals surface area (Å²) in [6, 6.07) is 10.4. The first-order valence-electron chi connectivity index (χ1n) is 9.39. The van der Waals surface area contributed by atoms with Crippen molar-refractivity contribution in [2.45, 2.75) is 18.9 Å². The van der Waals surface area contributed by atoms with Gasteiger partial charge in [0, 0.05) is 37.7 Å². The number of benzene rings is 1. The lowest BCUT2D eigenvalue weighted by Gasteiger charge is -2.13. The molecule has 1 unspecified atom stereocenters. The lowest BCUT2D eigenvalue weighted by Crippen LogP contribution is -2.37. The zero-order chi connectivity index (χ0) is 21.9. The maximum Gasteiger partial charge on any atom is 0.269 e. The molecule has 30 heavy (non-hydrogen) atoms. The number of hydrogen-bond donors (Lipinski definition) is 3. The van der Waals surface area contributed by atoms with Gasteiger partial charge in [-0.05, 0) is 31.2 Å². The van der Waals surface area contributed by atoms with Crippen LogP contribution in [0.25, 0.3) is 11.3 Å². The lowest BCUT2D eigenvalue weighted by molar-refractivity contribution is -0.137. The van der Waals surface area contributed by atoms with Crippen molar-refractivity contribution in [2.75, 3.05) is 25.5 Å². The summed E-state index contributed by atoms with van der Waals surface area (Å²) in [6.45, 7) is 2.91. The van der Waals surface area contributed by atoms with E-state index in [1.807, 2.05) is 6.92 Å². The quantitative estimate of drug-likeness (QED) is 0.655. The van der Waals surface area contributed by atoms with Crippen LogP contribution < -0.4 is 11.1 Å². The minimum Gasteiger partial charge on any atom is -0.383 e. The van der Waals surface area contributed by atoms with E-state index >= 15 is 0 Å². The van der Waals surface area contributed by atoms with E-state index in [-0.39, 0.29) is 12.1 Å². The molecular weight excluding hydrogens is 382 g/mol. The molecule has 1 aromatic heterocycles. The van der Waals surface area contributed by atoms with Crippen molar-refractivity contribution in [3.05, 3.63) is 47.2 Å². The highest BCUT2D eigenvalue weighted by atomic mass is 16.3. The zero-order valence-corrected chi connectivity index (χ0v) is 16.7. The number of hydrogen-bond acceptors (Lipinski definition) is 6. The Morgan fingerprint density at radius 1 is 1.37 bits per heavy atom. The Morgan fingerprint density at radius 2 is 2.13 bits per heavy atom. The maximum absolute atomic E-state index is 12.1. The Morgan fingerprint density at radius 3 is 2.73 bits per heavy atom. The van der Waals surface area contributed by atoms with Crippen LogP contribution in [0.3, 0.4) is 0 Å². The third kappa shape index (κ3) is 3.95. The molecule has 0 spiro atoms. The molecule has 1 saturated heterocycles. The van der Waals surface area contributed by atoms with Gasteiger partial charge in [0.1, 0.15) is 6.07 Å². The van der Waals surface area contributed by atoms with E-state index < -0.39 is 17.4 Å². The minimum absolute atomic E-state index is 0.111. The summed E-state index contributed by atoms with van der Waals surface area (Å²) in [5, 5.41) is 22.9. The van der Waals surface area contributed by atoms with Crippen LogP contribution in [-0.2, 0) is 4.79 Å². The van der Waals surface area contributed by atoms with Gasteiger partial charge in [0.15, 0.2) is 5.69 Å². The van der Waals surface area contributed by atoms with Crippen molar-refractivity contribution >= 4 is 17.5 Å². The Kier molecular flexibility index (Phi) is 5.72. The molecule has 0 aliphatic carbocycles. The van der Waals surface area contributed by atoms with Gasteiger partial charge in [-0.3, -0.25) is 9.59 Å². The Balaban J connectivity index is 2.04. The molecule has 2 heterocycles. The van der Waals surface area contributed by atoms with Crippen LogP contribution in [0.15, 0.2) is 30.3 Å².